The van der Waals surface area contributed by atoms with Crippen molar-refractivity contribution in [3.63, 3.8) is 0 Å². The summed E-state index contributed by atoms with van der Waals surface area (Å²) in [7, 11) is 0. The third-order valence-electron chi connectivity index (χ3n) is 7.97. The summed E-state index contributed by atoms with van der Waals surface area (Å²) in [5.74, 6) is 0.432. The van der Waals surface area contributed by atoms with E-state index >= 15 is 0 Å². The molecule has 2 aromatic carbocycles. The number of halogens is 1. The number of rotatable bonds is 5. The Morgan fingerprint density at radius 1 is 1.00 bits per heavy atom. The third kappa shape index (κ3) is 5.08. The van der Waals surface area contributed by atoms with E-state index in [0.717, 1.165) is 32.4 Å². The van der Waals surface area contributed by atoms with Crippen molar-refractivity contribution in [3.8, 4) is 11.4 Å². The van der Waals surface area contributed by atoms with Crippen molar-refractivity contribution >= 4 is 11.7 Å². The van der Waals surface area contributed by atoms with Crippen LogP contribution in [0, 0.1) is 5.82 Å². The summed E-state index contributed by atoms with van der Waals surface area (Å²) in [5, 5.41) is 14.5. The van der Waals surface area contributed by atoms with E-state index in [-0.39, 0.29) is 30.0 Å². The van der Waals surface area contributed by atoms with E-state index < -0.39 is 6.10 Å². The predicted molar refractivity (Wildman–Crippen MR) is 140 cm³/mol. The van der Waals surface area contributed by atoms with Gasteiger partial charge in [-0.1, -0.05) is 24.3 Å². The highest BCUT2D eigenvalue weighted by atomic mass is 19.1. The fourth-order valence-electron chi connectivity index (χ4n) is 5.61. The summed E-state index contributed by atoms with van der Waals surface area (Å²) in [6, 6.07) is 16.5. The second kappa shape index (κ2) is 10.2. The van der Waals surface area contributed by atoms with Crippen LogP contribution >= 0.6 is 0 Å². The van der Waals surface area contributed by atoms with Gasteiger partial charge in [0, 0.05) is 49.9 Å². The van der Waals surface area contributed by atoms with E-state index in [4.69, 9.17) is 0 Å². The number of amides is 1. The molecule has 0 unspecified atom stereocenters. The molecule has 2 N–H and O–H groups in total. The SMILES string of the molecule is O=C(c1cc(NC2CCC2)nc(-c2ccc(F)cc2)n1)N1CC[C@H](N2CCc3ccccc3C2)[C@@H](O)C1. The molecule has 1 aliphatic carbocycles. The van der Waals surface area contributed by atoms with Gasteiger partial charge in [0.15, 0.2) is 5.82 Å². The average molecular weight is 502 g/mol. The number of β-amino-alcohol motifs (C(OH)–C–C–N with tert-alkyl or cyclic N) is 1. The van der Waals surface area contributed by atoms with Crippen molar-refractivity contribution in [1.82, 2.24) is 19.8 Å². The first-order valence-electron chi connectivity index (χ1n) is 13.2. The molecule has 192 valence electrons. The van der Waals surface area contributed by atoms with E-state index in [1.54, 1.807) is 23.1 Å². The average Bonchev–Trinajstić information content (AvgIpc) is 2.90. The summed E-state index contributed by atoms with van der Waals surface area (Å²) in [5.41, 5.74) is 3.64. The molecule has 2 aliphatic heterocycles. The van der Waals surface area contributed by atoms with Crippen LogP contribution in [0.2, 0.25) is 0 Å². The number of aliphatic hydroxyl groups excluding tert-OH is 1. The Balaban J connectivity index is 1.19. The van der Waals surface area contributed by atoms with Gasteiger partial charge < -0.3 is 15.3 Å². The third-order valence-corrected chi connectivity index (χ3v) is 7.97. The number of fused-ring (bicyclic) bond motifs is 1. The van der Waals surface area contributed by atoms with Crippen LogP contribution in [0.25, 0.3) is 11.4 Å². The van der Waals surface area contributed by atoms with Gasteiger partial charge in [0.25, 0.3) is 5.91 Å². The number of nitrogens with one attached hydrogen (secondary N) is 1. The maximum atomic E-state index is 13.6. The van der Waals surface area contributed by atoms with Gasteiger partial charge in [-0.05, 0) is 67.5 Å². The van der Waals surface area contributed by atoms with Crippen molar-refractivity contribution < 1.29 is 14.3 Å². The van der Waals surface area contributed by atoms with Crippen LogP contribution in [-0.2, 0) is 13.0 Å². The second-order valence-electron chi connectivity index (χ2n) is 10.4. The maximum absolute atomic E-state index is 13.6. The normalized spacial score (nSPS) is 22.3. The molecule has 1 saturated carbocycles. The first kappa shape index (κ1) is 24.0. The molecule has 8 heteroatoms. The zero-order chi connectivity index (χ0) is 25.4. The Morgan fingerprint density at radius 3 is 2.51 bits per heavy atom. The van der Waals surface area contributed by atoms with Crippen LogP contribution in [0.5, 0.6) is 0 Å². The van der Waals surface area contributed by atoms with Crippen LogP contribution in [0.4, 0.5) is 10.2 Å². The van der Waals surface area contributed by atoms with Gasteiger partial charge >= 0.3 is 0 Å². The monoisotopic (exact) mass is 501 g/mol. The first-order chi connectivity index (χ1) is 18.0. The number of benzene rings is 2. The number of hydrogen-bond acceptors (Lipinski definition) is 6. The van der Waals surface area contributed by atoms with Crippen molar-refractivity contribution in [2.24, 2.45) is 0 Å². The molecule has 2 fully saturated rings. The van der Waals surface area contributed by atoms with Crippen LogP contribution in [0.15, 0.2) is 54.6 Å². The highest BCUT2D eigenvalue weighted by Crippen LogP contribution is 2.28. The highest BCUT2D eigenvalue weighted by molar-refractivity contribution is 5.93. The number of piperidine rings is 1. The Hall–Kier alpha value is -3.36. The lowest BCUT2D eigenvalue weighted by Gasteiger charge is -2.43. The van der Waals surface area contributed by atoms with Gasteiger partial charge in [-0.15, -0.1) is 0 Å². The number of carbonyl (C=O) groups is 1. The Kier molecular flexibility index (Phi) is 6.61. The van der Waals surface area contributed by atoms with E-state index in [9.17, 15) is 14.3 Å². The predicted octanol–water partition coefficient (Wildman–Crippen LogP) is 3.88. The molecule has 1 amide bonds. The molecular weight excluding hydrogens is 469 g/mol. The molecule has 1 aromatic heterocycles. The Morgan fingerprint density at radius 2 is 1.78 bits per heavy atom. The molecule has 3 aliphatic rings. The number of nitrogens with zero attached hydrogens (tertiary/aromatic N) is 4. The molecule has 0 radical (unpaired) electrons. The van der Waals surface area contributed by atoms with Gasteiger partial charge in [0.1, 0.15) is 17.3 Å². The minimum atomic E-state index is -0.631. The quantitative estimate of drug-likeness (QED) is 0.552. The van der Waals surface area contributed by atoms with E-state index in [2.05, 4.69) is 44.5 Å². The number of aromatic nitrogens is 2. The fourth-order valence-corrected chi connectivity index (χ4v) is 5.61. The molecular formula is C29H32FN5O2. The number of carbonyl (C=O) groups excluding carboxylic acids is 1. The van der Waals surface area contributed by atoms with E-state index in [1.807, 2.05) is 0 Å². The van der Waals surface area contributed by atoms with Gasteiger partial charge in [0.2, 0.25) is 0 Å². The molecule has 7 nitrogen and oxygen atoms in total. The van der Waals surface area contributed by atoms with Gasteiger partial charge in [-0.25, -0.2) is 14.4 Å². The topological polar surface area (TPSA) is 81.6 Å². The summed E-state index contributed by atoms with van der Waals surface area (Å²) >= 11 is 0. The summed E-state index contributed by atoms with van der Waals surface area (Å²) in [4.78, 5) is 26.8. The minimum absolute atomic E-state index is 0.0217. The lowest BCUT2D eigenvalue weighted by molar-refractivity contribution is -0.0139. The number of aliphatic hydroxyl groups is 1. The Bertz CT molecular complexity index is 1280. The summed E-state index contributed by atoms with van der Waals surface area (Å²) < 4.78 is 13.5. The molecule has 3 heterocycles. The van der Waals surface area contributed by atoms with Crippen LogP contribution in [0.1, 0.15) is 47.3 Å². The number of anilines is 1. The summed E-state index contributed by atoms with van der Waals surface area (Å²) in [6.07, 6.45) is 4.37. The van der Waals surface area contributed by atoms with Crippen LogP contribution in [-0.4, -0.2) is 68.6 Å². The van der Waals surface area contributed by atoms with E-state index in [0.29, 0.717) is 36.2 Å². The highest BCUT2D eigenvalue weighted by Gasteiger charge is 2.36. The summed E-state index contributed by atoms with van der Waals surface area (Å²) in [6.45, 7) is 2.56. The molecule has 0 spiro atoms. The number of likely N-dealkylation sites (tertiary alicyclic amines) is 1. The van der Waals surface area contributed by atoms with Crippen molar-refractivity contribution in [1.29, 1.82) is 0 Å². The molecule has 3 aromatic rings. The molecule has 0 bridgehead atoms. The molecule has 6 rings (SSSR count). The zero-order valence-electron chi connectivity index (χ0n) is 20.8. The van der Waals surface area contributed by atoms with Gasteiger partial charge in [0.05, 0.1) is 6.10 Å². The molecule has 1 saturated heterocycles. The van der Waals surface area contributed by atoms with Crippen molar-refractivity contribution in [2.75, 3.05) is 25.0 Å². The lowest BCUT2D eigenvalue weighted by Crippen LogP contribution is -2.56. The molecule has 2 atom stereocenters. The van der Waals surface area contributed by atoms with Crippen molar-refractivity contribution in [3.05, 3.63) is 77.2 Å². The second-order valence-corrected chi connectivity index (χ2v) is 10.4. The smallest absolute Gasteiger partial charge is 0.272 e. The van der Waals surface area contributed by atoms with Crippen molar-refractivity contribution in [2.45, 2.75) is 56.8 Å². The van der Waals surface area contributed by atoms with Crippen LogP contribution < -0.4 is 5.32 Å². The van der Waals surface area contributed by atoms with Crippen LogP contribution in [0.3, 0.4) is 0 Å². The van der Waals surface area contributed by atoms with Gasteiger partial charge in [-0.2, -0.15) is 0 Å². The van der Waals surface area contributed by atoms with Gasteiger partial charge in [-0.3, -0.25) is 9.69 Å². The zero-order valence-corrected chi connectivity index (χ0v) is 20.8. The lowest BCUT2D eigenvalue weighted by atomic mass is 9.93. The minimum Gasteiger partial charge on any atom is -0.390 e. The maximum Gasteiger partial charge on any atom is 0.272 e. The first-order valence-corrected chi connectivity index (χ1v) is 13.2. The standard InChI is InChI=1S/C29H32FN5O2/c30-22-10-8-20(9-11-22)28-32-24(16-27(33-28)31-23-6-3-7-23)29(37)35-15-13-25(26(36)18-35)34-14-12-19-4-1-2-5-21(19)17-34/h1-2,4-5,8-11,16,23,25-26,36H,3,6-7,12-15,17-18H2,(H,31,32,33)/t25-,26-/m0/s1. The Labute approximate surface area is 216 Å². The fraction of sp³-hybridized carbons (Fsp3) is 0.414. The number of hydrogen-bond donors (Lipinski definition) is 2. The van der Waals surface area contributed by atoms with E-state index in [1.165, 1.54) is 29.7 Å². The largest absolute Gasteiger partial charge is 0.390 e. The molecule has 37 heavy (non-hydrogen) atoms.